The number of rotatable bonds is 2. The molecule has 1 amide bonds. The van der Waals surface area contributed by atoms with Gasteiger partial charge in [0.05, 0.1) is 25.3 Å². The van der Waals surface area contributed by atoms with Crippen LogP contribution in [0, 0.1) is 0 Å². The Morgan fingerprint density at radius 3 is 2.95 bits per heavy atom. The molecule has 1 N–H and O–H groups in total. The molecule has 0 fully saturated rings. The van der Waals surface area contributed by atoms with Crippen LogP contribution in [0.15, 0.2) is 30.5 Å². The summed E-state index contributed by atoms with van der Waals surface area (Å²) in [5.41, 5.74) is 2.89. The second kappa shape index (κ2) is 4.59. The molecular weight excluding hydrogens is 266 g/mol. The van der Waals surface area contributed by atoms with Crippen LogP contribution in [0.3, 0.4) is 0 Å². The zero-order chi connectivity index (χ0) is 13.4. The first-order valence-corrected chi connectivity index (χ1v) is 6.27. The number of halogens is 1. The van der Waals surface area contributed by atoms with Crippen LogP contribution in [0.1, 0.15) is 16.8 Å². The molecule has 0 saturated heterocycles. The van der Waals surface area contributed by atoms with Gasteiger partial charge in [-0.25, -0.2) is 4.79 Å². The van der Waals surface area contributed by atoms with Crippen molar-refractivity contribution < 1.29 is 9.90 Å². The summed E-state index contributed by atoms with van der Waals surface area (Å²) in [7, 11) is 0. The van der Waals surface area contributed by atoms with Crippen molar-refractivity contribution in [2.45, 2.75) is 19.6 Å². The minimum absolute atomic E-state index is 0.368. The minimum atomic E-state index is -0.903. The lowest BCUT2D eigenvalue weighted by Gasteiger charge is -2.10. The second-order valence-electron chi connectivity index (χ2n) is 4.57. The number of fused-ring (bicyclic) bond motifs is 1. The number of hydrogen-bond donors (Lipinski definition) is 1. The Kier molecular flexibility index (Phi) is 2.91. The monoisotopic (exact) mass is 277 g/mol. The summed E-state index contributed by atoms with van der Waals surface area (Å²) in [4.78, 5) is 12.2. The van der Waals surface area contributed by atoms with E-state index in [4.69, 9.17) is 16.7 Å². The number of amides is 1. The highest BCUT2D eigenvalue weighted by atomic mass is 35.5. The summed E-state index contributed by atoms with van der Waals surface area (Å²) in [6, 6.07) is 7.63. The van der Waals surface area contributed by atoms with Crippen molar-refractivity contribution in [3.63, 3.8) is 0 Å². The van der Waals surface area contributed by atoms with E-state index in [0.717, 1.165) is 16.8 Å². The maximum Gasteiger partial charge on any atom is 0.407 e. The van der Waals surface area contributed by atoms with E-state index in [1.807, 2.05) is 35.1 Å². The van der Waals surface area contributed by atoms with Crippen LogP contribution in [-0.4, -0.2) is 25.9 Å². The third kappa shape index (κ3) is 2.42. The third-order valence-electron chi connectivity index (χ3n) is 3.13. The molecule has 19 heavy (non-hydrogen) atoms. The van der Waals surface area contributed by atoms with Gasteiger partial charge in [-0.2, -0.15) is 5.10 Å². The molecular formula is C13H12ClN3O2. The van der Waals surface area contributed by atoms with Crippen LogP contribution in [0.4, 0.5) is 4.79 Å². The first kappa shape index (κ1) is 12.0. The van der Waals surface area contributed by atoms with Crippen LogP contribution < -0.4 is 0 Å². The number of carboxylic acid groups (broad SMARTS) is 1. The predicted molar refractivity (Wildman–Crippen MR) is 70.1 cm³/mol. The highest BCUT2D eigenvalue weighted by Gasteiger charge is 2.25. The van der Waals surface area contributed by atoms with Gasteiger partial charge in [-0.3, -0.25) is 9.58 Å². The first-order chi connectivity index (χ1) is 9.11. The van der Waals surface area contributed by atoms with Gasteiger partial charge in [0.15, 0.2) is 0 Å². The maximum absolute atomic E-state index is 10.9. The third-order valence-corrected chi connectivity index (χ3v) is 3.37. The van der Waals surface area contributed by atoms with Gasteiger partial charge in [0, 0.05) is 16.8 Å². The van der Waals surface area contributed by atoms with Gasteiger partial charge in [-0.1, -0.05) is 23.7 Å². The molecule has 3 rings (SSSR count). The maximum atomic E-state index is 10.9. The van der Waals surface area contributed by atoms with Crippen LogP contribution in [0.2, 0.25) is 5.02 Å². The lowest BCUT2D eigenvalue weighted by atomic mass is 10.2. The highest BCUT2D eigenvalue weighted by Crippen LogP contribution is 2.21. The Morgan fingerprint density at radius 1 is 1.42 bits per heavy atom. The number of benzene rings is 1. The minimum Gasteiger partial charge on any atom is -0.465 e. The van der Waals surface area contributed by atoms with E-state index in [1.165, 1.54) is 4.90 Å². The van der Waals surface area contributed by atoms with Crippen LogP contribution in [-0.2, 0) is 19.6 Å². The largest absolute Gasteiger partial charge is 0.465 e. The summed E-state index contributed by atoms with van der Waals surface area (Å²) in [5.74, 6) is 0. The molecule has 1 aliphatic rings. The highest BCUT2D eigenvalue weighted by molar-refractivity contribution is 6.30. The van der Waals surface area contributed by atoms with Crippen molar-refractivity contribution in [1.29, 1.82) is 0 Å². The van der Waals surface area contributed by atoms with Gasteiger partial charge >= 0.3 is 6.09 Å². The fourth-order valence-corrected chi connectivity index (χ4v) is 2.46. The topological polar surface area (TPSA) is 58.4 Å². The molecule has 2 aromatic rings. The lowest BCUT2D eigenvalue weighted by Crippen LogP contribution is -2.23. The molecule has 0 saturated carbocycles. The van der Waals surface area contributed by atoms with Gasteiger partial charge in [-0.05, 0) is 17.7 Å². The molecule has 0 atom stereocenters. The Morgan fingerprint density at radius 2 is 2.26 bits per heavy atom. The summed E-state index contributed by atoms with van der Waals surface area (Å²) < 4.78 is 1.83. The van der Waals surface area contributed by atoms with Crippen molar-refractivity contribution in [3.8, 4) is 0 Å². The van der Waals surface area contributed by atoms with E-state index in [2.05, 4.69) is 5.10 Å². The van der Waals surface area contributed by atoms with Crippen molar-refractivity contribution in [3.05, 3.63) is 52.3 Å². The molecule has 1 aromatic carbocycles. The summed E-state index contributed by atoms with van der Waals surface area (Å²) in [6.07, 6.45) is 0.999. The molecule has 6 heteroatoms. The number of carbonyl (C=O) groups is 1. The molecule has 0 spiro atoms. The molecule has 1 aromatic heterocycles. The van der Waals surface area contributed by atoms with Gasteiger partial charge in [0.1, 0.15) is 0 Å². The van der Waals surface area contributed by atoms with E-state index in [0.29, 0.717) is 24.7 Å². The molecule has 0 bridgehead atoms. The fourth-order valence-electron chi connectivity index (χ4n) is 2.25. The Hall–Kier alpha value is -2.01. The van der Waals surface area contributed by atoms with E-state index in [-0.39, 0.29) is 0 Å². The zero-order valence-corrected chi connectivity index (χ0v) is 10.8. The normalized spacial score (nSPS) is 13.6. The van der Waals surface area contributed by atoms with E-state index in [1.54, 1.807) is 0 Å². The quantitative estimate of drug-likeness (QED) is 0.918. The van der Waals surface area contributed by atoms with Gasteiger partial charge in [-0.15, -0.1) is 0 Å². The number of hydrogen-bond acceptors (Lipinski definition) is 2. The van der Waals surface area contributed by atoms with E-state index >= 15 is 0 Å². The smallest absolute Gasteiger partial charge is 0.407 e. The summed E-state index contributed by atoms with van der Waals surface area (Å²) in [5, 5.41) is 14.0. The molecule has 0 aliphatic carbocycles. The predicted octanol–water partition coefficient (Wildman–Crippen LogP) is 2.58. The SMILES string of the molecule is O=C(O)N1Cc2cn(Cc3cccc(Cl)c3)nc2C1. The van der Waals surface area contributed by atoms with E-state index in [9.17, 15) is 4.79 Å². The van der Waals surface area contributed by atoms with Crippen LogP contribution >= 0.6 is 11.6 Å². The summed E-state index contributed by atoms with van der Waals surface area (Å²) >= 11 is 5.94. The van der Waals surface area contributed by atoms with Crippen molar-refractivity contribution in [2.75, 3.05) is 0 Å². The standard InChI is InChI=1S/C13H12ClN3O2/c14-11-3-1-2-9(4-11)5-17-7-10-6-16(13(18)19)8-12(10)15-17/h1-4,7H,5-6,8H2,(H,18,19). The fraction of sp³-hybridized carbons (Fsp3) is 0.231. The molecule has 0 unspecified atom stereocenters. The number of nitrogens with zero attached hydrogens (tertiary/aromatic N) is 3. The second-order valence-corrected chi connectivity index (χ2v) is 5.00. The first-order valence-electron chi connectivity index (χ1n) is 5.89. The zero-order valence-electron chi connectivity index (χ0n) is 10.1. The Labute approximate surface area is 115 Å². The van der Waals surface area contributed by atoms with Crippen LogP contribution in [0.25, 0.3) is 0 Å². The van der Waals surface area contributed by atoms with E-state index < -0.39 is 6.09 Å². The molecule has 5 nitrogen and oxygen atoms in total. The molecule has 2 heterocycles. The van der Waals surface area contributed by atoms with Crippen LogP contribution in [0.5, 0.6) is 0 Å². The summed E-state index contributed by atoms with van der Waals surface area (Å²) in [6.45, 7) is 1.42. The Bertz CT molecular complexity index is 615. The lowest BCUT2D eigenvalue weighted by molar-refractivity contribution is 0.144. The van der Waals surface area contributed by atoms with Crippen molar-refractivity contribution in [1.82, 2.24) is 14.7 Å². The molecule has 98 valence electrons. The average Bonchev–Trinajstić information content (AvgIpc) is 2.86. The van der Waals surface area contributed by atoms with Crippen molar-refractivity contribution >= 4 is 17.7 Å². The van der Waals surface area contributed by atoms with Gasteiger partial charge in [0.2, 0.25) is 0 Å². The average molecular weight is 278 g/mol. The van der Waals surface area contributed by atoms with Gasteiger partial charge < -0.3 is 5.11 Å². The molecule has 0 radical (unpaired) electrons. The van der Waals surface area contributed by atoms with Crippen molar-refractivity contribution in [2.24, 2.45) is 0 Å². The Balaban J connectivity index is 1.76. The van der Waals surface area contributed by atoms with Gasteiger partial charge in [0.25, 0.3) is 0 Å². The molecule has 1 aliphatic heterocycles. The number of aromatic nitrogens is 2.